The van der Waals surface area contributed by atoms with Gasteiger partial charge >= 0.3 is 0 Å². The van der Waals surface area contributed by atoms with E-state index < -0.39 is 5.60 Å². The minimum Gasteiger partial charge on any atom is -0.390 e. The summed E-state index contributed by atoms with van der Waals surface area (Å²) in [5, 5.41) is 10.9. The Kier molecular flexibility index (Phi) is 5.72. The molecule has 0 amide bonds. The van der Waals surface area contributed by atoms with Crippen molar-refractivity contribution in [3.8, 4) is 0 Å². The van der Waals surface area contributed by atoms with Crippen molar-refractivity contribution in [3.05, 3.63) is 36.3 Å². The van der Waals surface area contributed by atoms with Gasteiger partial charge in [0.25, 0.3) is 0 Å². The summed E-state index contributed by atoms with van der Waals surface area (Å²) in [6.07, 6.45) is 15.3. The number of aromatic nitrogens is 2. The first kappa shape index (κ1) is 23.4. The van der Waals surface area contributed by atoms with Gasteiger partial charge in [-0.1, -0.05) is 20.4 Å². The number of ether oxygens (including phenoxy) is 1. The van der Waals surface area contributed by atoms with E-state index in [-0.39, 0.29) is 12.8 Å². The van der Waals surface area contributed by atoms with E-state index in [2.05, 4.69) is 48.8 Å². The van der Waals surface area contributed by atoms with Gasteiger partial charge in [-0.05, 0) is 111 Å². The molecule has 4 saturated carbocycles. The van der Waals surface area contributed by atoms with Crippen molar-refractivity contribution in [3.63, 3.8) is 0 Å². The molecule has 182 valence electrons. The zero-order valence-electron chi connectivity index (χ0n) is 20.1. The second-order valence-corrected chi connectivity index (χ2v) is 12.3. The van der Waals surface area contributed by atoms with Crippen LogP contribution in [0.3, 0.4) is 0 Å². The standard InChI is InChI=1S/C28H40N2O2.CH4/c1-26(31)13-14-28(18-32-3)19(16-26)7-8-20-21-9-10-23(27(21,2)12-11-22(20)28)24-17-30-15-5-4-6-25(30)29-24;/h4-6,15,17,19-23,31H,7-14,16,18H2,1-3H3;1H4/t19-,20+,21+,22+,23-,26-,27+,28-;/m1./s1. The second-order valence-electron chi connectivity index (χ2n) is 12.3. The molecule has 0 radical (unpaired) electrons. The molecule has 2 aromatic rings. The van der Waals surface area contributed by atoms with Crippen molar-refractivity contribution in [1.82, 2.24) is 9.38 Å². The second kappa shape index (κ2) is 8.09. The summed E-state index contributed by atoms with van der Waals surface area (Å²) in [4.78, 5) is 5.07. The van der Waals surface area contributed by atoms with E-state index in [0.717, 1.165) is 49.3 Å². The highest BCUT2D eigenvalue weighted by Crippen LogP contribution is 2.69. The van der Waals surface area contributed by atoms with Crippen molar-refractivity contribution in [2.75, 3.05) is 13.7 Å². The lowest BCUT2D eigenvalue weighted by Gasteiger charge is -2.62. The van der Waals surface area contributed by atoms with Crippen LogP contribution < -0.4 is 0 Å². The highest BCUT2D eigenvalue weighted by atomic mass is 16.5. The summed E-state index contributed by atoms with van der Waals surface area (Å²) in [6, 6.07) is 6.31. The van der Waals surface area contributed by atoms with Gasteiger partial charge in [-0.15, -0.1) is 0 Å². The van der Waals surface area contributed by atoms with Gasteiger partial charge in [0.1, 0.15) is 5.65 Å². The molecule has 0 aliphatic heterocycles. The van der Waals surface area contributed by atoms with Crippen molar-refractivity contribution >= 4 is 5.65 Å². The van der Waals surface area contributed by atoms with Gasteiger partial charge in [-0.2, -0.15) is 0 Å². The number of aliphatic hydroxyl groups is 1. The largest absolute Gasteiger partial charge is 0.390 e. The van der Waals surface area contributed by atoms with Crippen LogP contribution in [0, 0.1) is 34.5 Å². The molecule has 4 fully saturated rings. The van der Waals surface area contributed by atoms with Crippen LogP contribution in [0.25, 0.3) is 5.65 Å². The molecule has 2 aromatic heterocycles. The van der Waals surface area contributed by atoms with E-state index >= 15 is 0 Å². The summed E-state index contributed by atoms with van der Waals surface area (Å²) in [5.74, 6) is 3.57. The predicted octanol–water partition coefficient (Wildman–Crippen LogP) is 6.47. The maximum absolute atomic E-state index is 10.9. The van der Waals surface area contributed by atoms with Crippen LogP contribution in [0.5, 0.6) is 0 Å². The highest BCUT2D eigenvalue weighted by Gasteiger charge is 2.62. The maximum atomic E-state index is 10.9. The molecule has 4 aliphatic rings. The predicted molar refractivity (Wildman–Crippen MR) is 133 cm³/mol. The van der Waals surface area contributed by atoms with Gasteiger partial charge in [0.15, 0.2) is 0 Å². The molecule has 4 heteroatoms. The summed E-state index contributed by atoms with van der Waals surface area (Å²) in [5.41, 5.74) is 2.55. The minimum atomic E-state index is -0.487. The van der Waals surface area contributed by atoms with E-state index in [1.54, 1.807) is 0 Å². The van der Waals surface area contributed by atoms with Crippen LogP contribution >= 0.6 is 0 Å². The quantitative estimate of drug-likeness (QED) is 0.580. The van der Waals surface area contributed by atoms with Crippen molar-refractivity contribution in [2.24, 2.45) is 34.5 Å². The van der Waals surface area contributed by atoms with Crippen LogP contribution in [-0.2, 0) is 4.74 Å². The Morgan fingerprint density at radius 1 is 1.06 bits per heavy atom. The van der Waals surface area contributed by atoms with Crippen LogP contribution in [0.1, 0.15) is 90.7 Å². The molecule has 6 rings (SSSR count). The third-order valence-corrected chi connectivity index (χ3v) is 10.8. The molecule has 4 nitrogen and oxygen atoms in total. The molecule has 0 saturated heterocycles. The molecule has 33 heavy (non-hydrogen) atoms. The van der Waals surface area contributed by atoms with E-state index in [1.807, 2.05) is 7.11 Å². The Labute approximate surface area is 200 Å². The lowest BCUT2D eigenvalue weighted by Crippen LogP contribution is -2.58. The Bertz CT molecular complexity index is 965. The molecule has 0 bridgehead atoms. The van der Waals surface area contributed by atoms with Gasteiger partial charge in [0, 0.05) is 25.4 Å². The molecular formula is C29H44N2O2. The fourth-order valence-corrected chi connectivity index (χ4v) is 9.39. The van der Waals surface area contributed by atoms with Crippen LogP contribution in [-0.4, -0.2) is 33.8 Å². The number of rotatable bonds is 3. The fourth-order valence-electron chi connectivity index (χ4n) is 9.39. The van der Waals surface area contributed by atoms with E-state index in [9.17, 15) is 5.11 Å². The van der Waals surface area contributed by atoms with Gasteiger partial charge in [-0.3, -0.25) is 0 Å². The Morgan fingerprint density at radius 2 is 1.91 bits per heavy atom. The van der Waals surface area contributed by atoms with Crippen molar-refractivity contribution in [1.29, 1.82) is 0 Å². The minimum absolute atomic E-state index is 0. The number of hydrogen-bond donors (Lipinski definition) is 1. The lowest BCUT2D eigenvalue weighted by atomic mass is 9.43. The third-order valence-electron chi connectivity index (χ3n) is 10.8. The topological polar surface area (TPSA) is 46.8 Å². The Balaban J connectivity index is 0.00000228. The summed E-state index contributed by atoms with van der Waals surface area (Å²) in [7, 11) is 1.89. The maximum Gasteiger partial charge on any atom is 0.136 e. The normalized spacial score (nSPS) is 44.5. The molecular weight excluding hydrogens is 408 g/mol. The van der Waals surface area contributed by atoms with Gasteiger partial charge < -0.3 is 14.2 Å². The highest BCUT2D eigenvalue weighted by molar-refractivity contribution is 5.41. The number of hydrogen-bond acceptors (Lipinski definition) is 3. The van der Waals surface area contributed by atoms with Crippen molar-refractivity contribution < 1.29 is 9.84 Å². The molecule has 0 aromatic carbocycles. The summed E-state index contributed by atoms with van der Waals surface area (Å²) < 4.78 is 8.12. The fraction of sp³-hybridized carbons (Fsp3) is 0.759. The number of imidazole rings is 1. The molecule has 0 spiro atoms. The van der Waals surface area contributed by atoms with Gasteiger partial charge in [0.05, 0.1) is 17.9 Å². The van der Waals surface area contributed by atoms with E-state index in [1.165, 1.54) is 44.2 Å². The lowest BCUT2D eigenvalue weighted by molar-refractivity contribution is -0.172. The Hall–Kier alpha value is -1.39. The Morgan fingerprint density at radius 3 is 2.70 bits per heavy atom. The molecule has 1 N–H and O–H groups in total. The molecule has 8 atom stereocenters. The summed E-state index contributed by atoms with van der Waals surface area (Å²) in [6.45, 7) is 5.54. The molecule has 2 heterocycles. The first-order valence-electron chi connectivity index (χ1n) is 13.0. The number of pyridine rings is 1. The van der Waals surface area contributed by atoms with Crippen LogP contribution in [0.15, 0.2) is 30.6 Å². The van der Waals surface area contributed by atoms with E-state index in [4.69, 9.17) is 9.72 Å². The van der Waals surface area contributed by atoms with E-state index in [0.29, 0.717) is 17.3 Å². The summed E-state index contributed by atoms with van der Waals surface area (Å²) >= 11 is 0. The van der Waals surface area contributed by atoms with Crippen LogP contribution in [0.4, 0.5) is 0 Å². The number of fused-ring (bicyclic) bond motifs is 6. The SMILES string of the molecule is C.COC[C@]12CC[C@@](C)(O)C[C@H]1CC[C@H]1[C@@H]3CC[C@H](c4cn5ccccc5n4)[C@@]3(C)CC[C@@H]12. The zero-order chi connectivity index (χ0) is 22.1. The van der Waals surface area contributed by atoms with Gasteiger partial charge in [0.2, 0.25) is 0 Å². The number of nitrogens with zero attached hydrogens (tertiary/aromatic N) is 2. The van der Waals surface area contributed by atoms with Crippen molar-refractivity contribution in [2.45, 2.75) is 90.6 Å². The smallest absolute Gasteiger partial charge is 0.136 e. The monoisotopic (exact) mass is 452 g/mol. The average molecular weight is 453 g/mol. The zero-order valence-corrected chi connectivity index (χ0v) is 20.1. The molecule has 0 unspecified atom stereocenters. The average Bonchev–Trinajstić information content (AvgIpc) is 3.34. The first-order valence-corrected chi connectivity index (χ1v) is 13.0. The first-order chi connectivity index (χ1) is 15.4. The van der Waals surface area contributed by atoms with Crippen LogP contribution in [0.2, 0.25) is 0 Å². The third kappa shape index (κ3) is 3.42. The molecule has 4 aliphatic carbocycles. The number of methoxy groups -OCH3 is 1. The van der Waals surface area contributed by atoms with Gasteiger partial charge in [-0.25, -0.2) is 4.98 Å².